The van der Waals surface area contributed by atoms with Crippen LogP contribution in [0.1, 0.15) is 18.4 Å². The molecular weight excluding hydrogens is 278 g/mol. The summed E-state index contributed by atoms with van der Waals surface area (Å²) in [5, 5.41) is 9.62. The van der Waals surface area contributed by atoms with Crippen LogP contribution in [-0.2, 0) is 9.59 Å². The number of carboxylic acid groups (broad SMARTS) is 1. The molecule has 1 aliphatic rings. The van der Waals surface area contributed by atoms with E-state index in [0.717, 1.165) is 12.0 Å². The lowest BCUT2D eigenvalue weighted by Gasteiger charge is -2.29. The molecule has 0 radical (unpaired) electrons. The van der Waals surface area contributed by atoms with Crippen LogP contribution < -0.4 is 0 Å². The number of aliphatic carboxylic acids is 1. The maximum Gasteiger partial charge on any atom is 0.308 e. The quantitative estimate of drug-likeness (QED) is 0.872. The van der Waals surface area contributed by atoms with Crippen molar-refractivity contribution in [3.8, 4) is 0 Å². The largest absolute Gasteiger partial charge is 0.481 e. The number of carbonyl (C=O) groups is 2. The molecule has 1 aliphatic heterocycles. The highest BCUT2D eigenvalue weighted by Gasteiger charge is 2.26. The van der Waals surface area contributed by atoms with E-state index in [9.17, 15) is 9.59 Å². The Morgan fingerprint density at radius 3 is 2.90 bits per heavy atom. The van der Waals surface area contributed by atoms with Crippen LogP contribution in [0, 0.1) is 5.92 Å². The molecule has 2 rings (SSSR count). The van der Waals surface area contributed by atoms with E-state index in [1.807, 2.05) is 12.1 Å². The highest BCUT2D eigenvalue weighted by molar-refractivity contribution is 6.30. The zero-order chi connectivity index (χ0) is 14.5. The molecule has 0 spiro atoms. The molecule has 0 bridgehead atoms. The highest BCUT2D eigenvalue weighted by atomic mass is 35.5. The topological polar surface area (TPSA) is 57.6 Å². The number of benzene rings is 1. The van der Waals surface area contributed by atoms with Crippen molar-refractivity contribution < 1.29 is 14.7 Å². The lowest BCUT2D eigenvalue weighted by atomic mass is 9.98. The lowest BCUT2D eigenvalue weighted by molar-refractivity contribution is -0.144. The number of carbonyl (C=O) groups excluding carboxylic acids is 1. The third-order valence-corrected chi connectivity index (χ3v) is 3.58. The zero-order valence-electron chi connectivity index (χ0n) is 11.0. The Morgan fingerprint density at radius 1 is 1.40 bits per heavy atom. The summed E-state index contributed by atoms with van der Waals surface area (Å²) in [6, 6.07) is 7.20. The second-order valence-corrected chi connectivity index (χ2v) is 5.29. The second kappa shape index (κ2) is 6.57. The number of halogens is 1. The minimum atomic E-state index is -0.832. The highest BCUT2D eigenvalue weighted by Crippen LogP contribution is 2.17. The van der Waals surface area contributed by atoms with Gasteiger partial charge in [-0.05, 0) is 36.6 Å². The number of carboxylic acids is 1. The van der Waals surface area contributed by atoms with Crippen molar-refractivity contribution in [1.82, 2.24) is 4.90 Å². The van der Waals surface area contributed by atoms with Gasteiger partial charge in [-0.15, -0.1) is 0 Å². The summed E-state index contributed by atoms with van der Waals surface area (Å²) in [5.41, 5.74) is 0.845. The lowest BCUT2D eigenvalue weighted by Crippen LogP contribution is -2.41. The summed E-state index contributed by atoms with van der Waals surface area (Å²) in [5.74, 6) is -1.44. The fourth-order valence-electron chi connectivity index (χ4n) is 2.26. The van der Waals surface area contributed by atoms with Crippen LogP contribution in [0.5, 0.6) is 0 Å². The smallest absolute Gasteiger partial charge is 0.308 e. The van der Waals surface area contributed by atoms with Crippen molar-refractivity contribution in [2.75, 3.05) is 13.1 Å². The maximum atomic E-state index is 12.0. The number of rotatable bonds is 3. The van der Waals surface area contributed by atoms with Gasteiger partial charge >= 0.3 is 5.97 Å². The minimum absolute atomic E-state index is 0.157. The Kier molecular flexibility index (Phi) is 4.79. The molecule has 1 unspecified atom stereocenters. The molecule has 1 heterocycles. The molecule has 1 atom stereocenters. The fraction of sp³-hybridized carbons (Fsp3) is 0.333. The molecular formula is C15H16ClNO3. The Morgan fingerprint density at radius 2 is 2.20 bits per heavy atom. The van der Waals surface area contributed by atoms with E-state index < -0.39 is 11.9 Å². The molecule has 4 nitrogen and oxygen atoms in total. The average molecular weight is 294 g/mol. The van der Waals surface area contributed by atoms with Crippen LogP contribution in [0.15, 0.2) is 30.3 Å². The van der Waals surface area contributed by atoms with Crippen LogP contribution in [-0.4, -0.2) is 35.0 Å². The van der Waals surface area contributed by atoms with E-state index >= 15 is 0 Å². The van der Waals surface area contributed by atoms with Crippen LogP contribution in [0.4, 0.5) is 0 Å². The molecule has 1 saturated heterocycles. The average Bonchev–Trinajstić information content (AvgIpc) is 2.45. The van der Waals surface area contributed by atoms with E-state index in [4.69, 9.17) is 16.7 Å². The van der Waals surface area contributed by atoms with Gasteiger partial charge in [0.1, 0.15) is 0 Å². The fourth-order valence-corrected chi connectivity index (χ4v) is 2.46. The van der Waals surface area contributed by atoms with Gasteiger partial charge in [0.2, 0.25) is 5.91 Å². The first kappa shape index (κ1) is 14.6. The number of nitrogens with zero attached hydrogens (tertiary/aromatic N) is 1. The molecule has 20 heavy (non-hydrogen) atoms. The van der Waals surface area contributed by atoms with Crippen molar-refractivity contribution >= 4 is 29.6 Å². The van der Waals surface area contributed by atoms with Gasteiger partial charge in [-0.25, -0.2) is 0 Å². The number of hydrogen-bond acceptors (Lipinski definition) is 2. The molecule has 1 aromatic carbocycles. The van der Waals surface area contributed by atoms with Gasteiger partial charge in [0.15, 0.2) is 0 Å². The summed E-state index contributed by atoms with van der Waals surface area (Å²) in [4.78, 5) is 24.6. The monoisotopic (exact) mass is 293 g/mol. The van der Waals surface area contributed by atoms with Crippen molar-refractivity contribution in [3.63, 3.8) is 0 Å². The van der Waals surface area contributed by atoms with Gasteiger partial charge in [0, 0.05) is 24.2 Å². The van der Waals surface area contributed by atoms with Gasteiger partial charge in [0.25, 0.3) is 0 Å². The standard InChI is InChI=1S/C15H16ClNO3/c16-13-5-1-3-11(9-13)6-7-14(18)17-8-2-4-12(10-17)15(19)20/h1,3,5-7,9,12H,2,4,8,10H2,(H,19,20)/b7-6+. The summed E-state index contributed by atoms with van der Waals surface area (Å²) in [6.07, 6.45) is 4.53. The first-order valence-electron chi connectivity index (χ1n) is 6.51. The molecule has 0 saturated carbocycles. The minimum Gasteiger partial charge on any atom is -0.481 e. The Bertz CT molecular complexity index is 542. The van der Waals surface area contributed by atoms with Crippen LogP contribution in [0.2, 0.25) is 5.02 Å². The number of likely N-dealkylation sites (tertiary alicyclic amines) is 1. The number of piperidine rings is 1. The van der Waals surface area contributed by atoms with E-state index in [1.54, 1.807) is 23.1 Å². The molecule has 1 amide bonds. The first-order chi connectivity index (χ1) is 9.56. The van der Waals surface area contributed by atoms with Gasteiger partial charge in [-0.3, -0.25) is 9.59 Å². The van der Waals surface area contributed by atoms with E-state index in [-0.39, 0.29) is 12.5 Å². The van der Waals surface area contributed by atoms with E-state index in [2.05, 4.69) is 0 Å². The molecule has 0 aliphatic carbocycles. The van der Waals surface area contributed by atoms with Crippen molar-refractivity contribution in [2.45, 2.75) is 12.8 Å². The van der Waals surface area contributed by atoms with Gasteiger partial charge in [-0.2, -0.15) is 0 Å². The maximum absolute atomic E-state index is 12.0. The Balaban J connectivity index is 1.99. The number of amides is 1. The predicted octanol–water partition coefficient (Wildman–Crippen LogP) is 2.68. The first-order valence-corrected chi connectivity index (χ1v) is 6.89. The summed E-state index contributed by atoms with van der Waals surface area (Å²) < 4.78 is 0. The van der Waals surface area contributed by atoms with Crippen molar-refractivity contribution in [1.29, 1.82) is 0 Å². The Hall–Kier alpha value is -1.81. The second-order valence-electron chi connectivity index (χ2n) is 4.85. The predicted molar refractivity (Wildman–Crippen MR) is 77.4 cm³/mol. The van der Waals surface area contributed by atoms with Gasteiger partial charge in [0.05, 0.1) is 5.92 Å². The third kappa shape index (κ3) is 3.84. The summed E-state index contributed by atoms with van der Waals surface area (Å²) in [6.45, 7) is 0.899. The molecule has 1 fully saturated rings. The zero-order valence-corrected chi connectivity index (χ0v) is 11.7. The SMILES string of the molecule is O=C(O)C1CCCN(C(=O)/C=C/c2cccc(Cl)c2)C1. The summed E-state index contributed by atoms with van der Waals surface area (Å²) in [7, 11) is 0. The van der Waals surface area contributed by atoms with Crippen molar-refractivity contribution in [3.05, 3.63) is 40.9 Å². The normalized spacial score (nSPS) is 19.2. The van der Waals surface area contributed by atoms with Gasteiger partial charge in [-0.1, -0.05) is 23.7 Å². The van der Waals surface area contributed by atoms with E-state index in [1.165, 1.54) is 6.08 Å². The van der Waals surface area contributed by atoms with Crippen LogP contribution >= 0.6 is 11.6 Å². The van der Waals surface area contributed by atoms with Crippen LogP contribution in [0.3, 0.4) is 0 Å². The molecule has 1 aromatic rings. The molecule has 0 aromatic heterocycles. The number of hydrogen-bond donors (Lipinski definition) is 1. The summed E-state index contributed by atoms with van der Waals surface area (Å²) >= 11 is 5.87. The molecule has 5 heteroatoms. The Labute approximate surface area is 122 Å². The van der Waals surface area contributed by atoms with Crippen LogP contribution in [0.25, 0.3) is 6.08 Å². The van der Waals surface area contributed by atoms with Crippen molar-refractivity contribution in [2.24, 2.45) is 5.92 Å². The molecule has 106 valence electrons. The molecule has 1 N–H and O–H groups in total. The van der Waals surface area contributed by atoms with Gasteiger partial charge < -0.3 is 10.0 Å². The van der Waals surface area contributed by atoms with E-state index in [0.29, 0.717) is 18.0 Å². The third-order valence-electron chi connectivity index (χ3n) is 3.35.